The molecule has 488 valence electrons. The standard InChI is InChI=1S/C76H118O9S2/c1-51(2)15-13-17-55(7)67-31-33-69-65-29-23-57-47-59(35-41-73(57,9)71(65)37-43-75(67,69)11)82-45-39-61(84-86(77,78)63-25-19-53(5)20-26-63)49-81-50-62(85-87(79,80)64-27-21-54(6)22-28-64)40-46-83-60-36-42-74(10)58(48-60)24-30-66-70-34-32-68(56(8)18-14-16-52(3)4)76(70,12)44-38-72(66)74/h19-28,51-52,55-56,59-62,65-72H,13-18,29-50H2,1-12H3/t55-,56-,59-,60+,61?,62?,65?,66?,67-,68-,69?,70?,71?,72?,73+,74+,75-,76-/m1/s1. The molecule has 2 aromatic rings. The van der Waals surface area contributed by atoms with Crippen molar-refractivity contribution in [3.63, 3.8) is 0 Å². The predicted octanol–water partition coefficient (Wildman–Crippen LogP) is 18.8. The van der Waals surface area contributed by atoms with Crippen molar-refractivity contribution in [2.75, 3.05) is 26.4 Å². The number of benzene rings is 2. The first-order chi connectivity index (χ1) is 41.3. The van der Waals surface area contributed by atoms with Crippen molar-refractivity contribution < 1.29 is 39.4 Å². The predicted molar refractivity (Wildman–Crippen MR) is 352 cm³/mol. The molecule has 9 nitrogen and oxygen atoms in total. The van der Waals surface area contributed by atoms with Gasteiger partial charge in [0.05, 0.1) is 35.2 Å². The number of fused-ring (bicyclic) bond motifs is 10. The van der Waals surface area contributed by atoms with Crippen LogP contribution in [0.3, 0.4) is 0 Å². The molecule has 0 N–H and O–H groups in total. The van der Waals surface area contributed by atoms with Crippen LogP contribution < -0.4 is 0 Å². The average molecular weight is 1240 g/mol. The van der Waals surface area contributed by atoms with Gasteiger partial charge in [0.2, 0.25) is 0 Å². The minimum atomic E-state index is -4.17. The molecule has 8 aliphatic carbocycles. The molecule has 0 aliphatic heterocycles. The van der Waals surface area contributed by atoms with Crippen LogP contribution in [0.2, 0.25) is 0 Å². The minimum Gasteiger partial charge on any atom is -0.378 e. The molecule has 0 radical (unpaired) electrons. The largest absolute Gasteiger partial charge is 0.378 e. The molecule has 10 rings (SSSR count). The van der Waals surface area contributed by atoms with Gasteiger partial charge in [0.1, 0.15) is 12.2 Å². The summed E-state index contributed by atoms with van der Waals surface area (Å²) in [5, 5.41) is 0. The highest BCUT2D eigenvalue weighted by Gasteiger charge is 2.61. The molecular weight excluding hydrogens is 1120 g/mol. The molecule has 6 fully saturated rings. The normalized spacial score (nSPS) is 35.5. The molecule has 0 aromatic heterocycles. The van der Waals surface area contributed by atoms with Crippen LogP contribution >= 0.6 is 0 Å². The Morgan fingerprint density at radius 1 is 0.471 bits per heavy atom. The van der Waals surface area contributed by atoms with E-state index in [-0.39, 0.29) is 58.9 Å². The first-order valence-corrected chi connectivity index (χ1v) is 38.3. The fourth-order valence-electron chi connectivity index (χ4n) is 20.8. The highest BCUT2D eigenvalue weighted by molar-refractivity contribution is 7.87. The third kappa shape index (κ3) is 14.9. The second kappa shape index (κ2) is 28.1. The molecule has 11 heteroatoms. The Hall–Kier alpha value is -2.38. The number of hydrogen-bond donors (Lipinski definition) is 0. The molecule has 0 bridgehead atoms. The summed E-state index contributed by atoms with van der Waals surface area (Å²) in [7, 11) is -8.35. The van der Waals surface area contributed by atoms with Crippen LogP contribution in [0.4, 0.5) is 0 Å². The van der Waals surface area contributed by atoms with Gasteiger partial charge < -0.3 is 14.2 Å². The van der Waals surface area contributed by atoms with E-state index < -0.39 is 32.4 Å². The summed E-state index contributed by atoms with van der Waals surface area (Å²) in [5.41, 5.74) is 6.34. The first kappa shape index (κ1) is 67.5. The SMILES string of the molecule is Cc1ccc(S(=O)(=O)OC(CCO[C@@H]2CC[C@@]3(C)C(=CCC4C3CC[C@@]3(C)C4CC[C@@H]3[C@H](C)CCCC(C)C)C2)COCC(CCO[C@H]2CC[C@@]3(C)C(=CCC4C3CC[C@@]3(C)C4CC[C@@H]3[C@H](C)CCCC(C)C)C2)OS(=O)(=O)c2ccc(C)cc2)cc1. The zero-order chi connectivity index (χ0) is 62.1. The number of hydrogen-bond acceptors (Lipinski definition) is 9. The Balaban J connectivity index is 0.760. The maximum atomic E-state index is 14.0. The van der Waals surface area contributed by atoms with Gasteiger partial charge in [0, 0.05) is 26.1 Å². The summed E-state index contributed by atoms with van der Waals surface area (Å²) in [6.07, 6.45) is 31.6. The van der Waals surface area contributed by atoms with E-state index in [1.807, 2.05) is 13.8 Å². The molecule has 0 amide bonds. The van der Waals surface area contributed by atoms with E-state index in [4.69, 9.17) is 22.6 Å². The smallest absolute Gasteiger partial charge is 0.297 e. The maximum absolute atomic E-state index is 14.0. The van der Waals surface area contributed by atoms with Crippen molar-refractivity contribution >= 4 is 20.2 Å². The van der Waals surface area contributed by atoms with Crippen molar-refractivity contribution in [2.24, 2.45) is 92.7 Å². The first-order valence-electron chi connectivity index (χ1n) is 35.5. The third-order valence-electron chi connectivity index (χ3n) is 25.9. The fourth-order valence-corrected chi connectivity index (χ4v) is 23.0. The summed E-state index contributed by atoms with van der Waals surface area (Å²) in [6, 6.07) is 13.4. The van der Waals surface area contributed by atoms with Gasteiger partial charge in [-0.05, 0) is 234 Å². The number of rotatable bonds is 28. The van der Waals surface area contributed by atoms with E-state index in [0.717, 1.165) is 121 Å². The second-order valence-corrected chi connectivity index (χ2v) is 35.3. The van der Waals surface area contributed by atoms with Crippen molar-refractivity contribution in [3.8, 4) is 0 Å². The van der Waals surface area contributed by atoms with Gasteiger partial charge in [-0.1, -0.05) is 166 Å². The van der Waals surface area contributed by atoms with E-state index in [0.29, 0.717) is 24.0 Å². The Morgan fingerprint density at radius 3 is 1.24 bits per heavy atom. The van der Waals surface area contributed by atoms with Crippen LogP contribution in [0, 0.1) is 107 Å². The summed E-state index contributed by atoms with van der Waals surface area (Å²) in [5.74, 6) is 9.45. The highest BCUT2D eigenvalue weighted by atomic mass is 32.2. The Kier molecular flexibility index (Phi) is 21.8. The zero-order valence-corrected chi connectivity index (χ0v) is 57.9. The Bertz CT molecular complexity index is 2680. The molecular formula is C76H118O9S2. The lowest BCUT2D eigenvalue weighted by Crippen LogP contribution is -2.51. The lowest BCUT2D eigenvalue weighted by molar-refractivity contribution is -0.0682. The summed E-state index contributed by atoms with van der Waals surface area (Å²) >= 11 is 0. The van der Waals surface area contributed by atoms with Crippen molar-refractivity contribution in [3.05, 3.63) is 83.0 Å². The monoisotopic (exact) mass is 1240 g/mol. The van der Waals surface area contributed by atoms with Crippen molar-refractivity contribution in [1.82, 2.24) is 0 Å². The number of aryl methyl sites for hydroxylation is 2. The molecule has 0 heterocycles. The topological polar surface area (TPSA) is 114 Å². The molecule has 87 heavy (non-hydrogen) atoms. The van der Waals surface area contributed by atoms with Crippen LogP contribution in [0.5, 0.6) is 0 Å². The zero-order valence-electron chi connectivity index (χ0n) is 56.3. The van der Waals surface area contributed by atoms with E-state index in [1.165, 1.54) is 103 Å². The van der Waals surface area contributed by atoms with Crippen molar-refractivity contribution in [2.45, 2.75) is 271 Å². The van der Waals surface area contributed by atoms with Crippen LogP contribution in [-0.2, 0) is 42.8 Å². The minimum absolute atomic E-state index is 0.0446. The highest BCUT2D eigenvalue weighted by Crippen LogP contribution is 2.69. The third-order valence-corrected chi connectivity index (χ3v) is 28.6. The van der Waals surface area contributed by atoms with Gasteiger partial charge in [-0.2, -0.15) is 16.8 Å². The van der Waals surface area contributed by atoms with Gasteiger partial charge >= 0.3 is 0 Å². The van der Waals surface area contributed by atoms with E-state index in [9.17, 15) is 16.8 Å². The number of ether oxygens (including phenoxy) is 3. The fraction of sp³-hybridized carbons (Fsp3) is 0.789. The summed E-state index contributed by atoms with van der Waals surface area (Å²) < 4.78 is 87.7. The summed E-state index contributed by atoms with van der Waals surface area (Å²) in [4.78, 5) is 0.160. The maximum Gasteiger partial charge on any atom is 0.297 e. The molecule has 0 saturated heterocycles. The van der Waals surface area contributed by atoms with Crippen molar-refractivity contribution in [1.29, 1.82) is 0 Å². The van der Waals surface area contributed by atoms with Crippen LogP contribution in [0.15, 0.2) is 81.6 Å². The molecule has 6 saturated carbocycles. The van der Waals surface area contributed by atoms with E-state index >= 15 is 0 Å². The molecule has 0 spiro atoms. The second-order valence-electron chi connectivity index (χ2n) is 32.1. The average Bonchev–Trinajstić information content (AvgIpc) is 1.79. The van der Waals surface area contributed by atoms with E-state index in [1.54, 1.807) is 59.7 Å². The molecule has 8 aliphatic rings. The van der Waals surface area contributed by atoms with Crippen LogP contribution in [0.25, 0.3) is 0 Å². The van der Waals surface area contributed by atoms with Crippen LogP contribution in [0.1, 0.15) is 234 Å². The van der Waals surface area contributed by atoms with Gasteiger partial charge in [0.15, 0.2) is 0 Å². The number of allylic oxidation sites excluding steroid dienone is 2. The summed E-state index contributed by atoms with van der Waals surface area (Å²) in [6.45, 7) is 29.3. The molecule has 8 unspecified atom stereocenters. The van der Waals surface area contributed by atoms with E-state index in [2.05, 4.69) is 81.4 Å². The van der Waals surface area contributed by atoms with Gasteiger partial charge in [0.25, 0.3) is 20.2 Å². The molecule has 2 aromatic carbocycles. The molecule has 18 atom stereocenters. The Morgan fingerprint density at radius 2 is 0.862 bits per heavy atom. The van der Waals surface area contributed by atoms with Gasteiger partial charge in [-0.15, -0.1) is 0 Å². The van der Waals surface area contributed by atoms with Crippen LogP contribution in [-0.4, -0.2) is 67.7 Å². The van der Waals surface area contributed by atoms with Gasteiger partial charge in [-0.25, -0.2) is 0 Å². The quantitative estimate of drug-likeness (QED) is 0.0607. The Labute approximate surface area is 530 Å². The lowest BCUT2D eigenvalue weighted by Gasteiger charge is -2.58. The van der Waals surface area contributed by atoms with Gasteiger partial charge in [-0.3, -0.25) is 8.37 Å². The lowest BCUT2D eigenvalue weighted by atomic mass is 9.47.